The molecule has 106 valence electrons. The first-order chi connectivity index (χ1) is 8.50. The van der Waals surface area contributed by atoms with Gasteiger partial charge in [-0.2, -0.15) is 0 Å². The SMILES string of the molecule is CC(C)NC(=O)C(C)N(C)CCC1CCNCC1. The molecule has 4 nitrogen and oxygen atoms in total. The van der Waals surface area contributed by atoms with Gasteiger partial charge in [-0.1, -0.05) is 0 Å². The van der Waals surface area contributed by atoms with Gasteiger partial charge in [0.25, 0.3) is 0 Å². The molecular weight excluding hydrogens is 226 g/mol. The Balaban J connectivity index is 2.25. The van der Waals surface area contributed by atoms with Crippen LogP contribution in [0.1, 0.15) is 40.0 Å². The second-order valence-electron chi connectivity index (χ2n) is 5.80. The van der Waals surface area contributed by atoms with Gasteiger partial charge in [0.1, 0.15) is 0 Å². The summed E-state index contributed by atoms with van der Waals surface area (Å²) in [6.45, 7) is 9.30. The van der Waals surface area contributed by atoms with Crippen LogP contribution >= 0.6 is 0 Å². The largest absolute Gasteiger partial charge is 0.353 e. The Morgan fingerprint density at radius 3 is 2.50 bits per heavy atom. The van der Waals surface area contributed by atoms with Crippen LogP contribution < -0.4 is 10.6 Å². The molecule has 1 saturated heterocycles. The molecule has 0 radical (unpaired) electrons. The van der Waals surface area contributed by atoms with Gasteiger partial charge < -0.3 is 10.6 Å². The third-order valence-corrected chi connectivity index (χ3v) is 3.82. The number of piperidine rings is 1. The smallest absolute Gasteiger partial charge is 0.237 e. The molecule has 0 bridgehead atoms. The molecule has 1 atom stereocenters. The first-order valence-electron chi connectivity index (χ1n) is 7.22. The first kappa shape index (κ1) is 15.4. The van der Waals surface area contributed by atoms with Crippen molar-refractivity contribution >= 4 is 5.91 Å². The number of rotatable bonds is 6. The fourth-order valence-corrected chi connectivity index (χ4v) is 2.36. The molecule has 2 N–H and O–H groups in total. The van der Waals surface area contributed by atoms with Crippen molar-refractivity contribution in [1.29, 1.82) is 0 Å². The Labute approximate surface area is 111 Å². The molecule has 1 fully saturated rings. The molecule has 1 heterocycles. The van der Waals surface area contributed by atoms with E-state index in [1.165, 1.54) is 19.3 Å². The lowest BCUT2D eigenvalue weighted by molar-refractivity contribution is -0.126. The third-order valence-electron chi connectivity index (χ3n) is 3.82. The number of hydrogen-bond donors (Lipinski definition) is 2. The molecule has 0 spiro atoms. The van der Waals surface area contributed by atoms with E-state index in [9.17, 15) is 4.79 Å². The number of nitrogens with one attached hydrogen (secondary N) is 2. The summed E-state index contributed by atoms with van der Waals surface area (Å²) in [5, 5.41) is 6.36. The zero-order valence-electron chi connectivity index (χ0n) is 12.3. The Kier molecular flexibility index (Phi) is 6.65. The average molecular weight is 255 g/mol. The minimum absolute atomic E-state index is 0.0332. The van der Waals surface area contributed by atoms with E-state index in [0.29, 0.717) is 0 Å². The van der Waals surface area contributed by atoms with Gasteiger partial charge >= 0.3 is 0 Å². The molecule has 1 amide bonds. The molecule has 0 saturated carbocycles. The van der Waals surface area contributed by atoms with Crippen LogP contribution in [0, 0.1) is 5.92 Å². The van der Waals surface area contributed by atoms with Crippen molar-refractivity contribution < 1.29 is 4.79 Å². The Morgan fingerprint density at radius 2 is 1.94 bits per heavy atom. The fraction of sp³-hybridized carbons (Fsp3) is 0.929. The highest BCUT2D eigenvalue weighted by Gasteiger charge is 2.20. The lowest BCUT2D eigenvalue weighted by Gasteiger charge is -2.28. The number of nitrogens with zero attached hydrogens (tertiary/aromatic N) is 1. The second-order valence-corrected chi connectivity index (χ2v) is 5.80. The second kappa shape index (κ2) is 7.74. The van der Waals surface area contributed by atoms with E-state index < -0.39 is 0 Å². The predicted molar refractivity (Wildman–Crippen MR) is 75.6 cm³/mol. The quantitative estimate of drug-likeness (QED) is 0.750. The number of hydrogen-bond acceptors (Lipinski definition) is 3. The van der Waals surface area contributed by atoms with Crippen molar-refractivity contribution in [2.75, 3.05) is 26.7 Å². The van der Waals surface area contributed by atoms with Crippen LogP contribution in [0.25, 0.3) is 0 Å². The number of carbonyl (C=O) groups excluding carboxylic acids is 1. The van der Waals surface area contributed by atoms with Crippen molar-refractivity contribution in [3.05, 3.63) is 0 Å². The van der Waals surface area contributed by atoms with E-state index in [2.05, 4.69) is 15.5 Å². The lowest BCUT2D eigenvalue weighted by Crippen LogP contribution is -2.46. The van der Waals surface area contributed by atoms with E-state index in [4.69, 9.17) is 0 Å². The summed E-state index contributed by atoms with van der Waals surface area (Å²) in [5.41, 5.74) is 0. The van der Waals surface area contributed by atoms with Gasteiger partial charge in [-0.15, -0.1) is 0 Å². The van der Waals surface area contributed by atoms with Crippen LogP contribution in [-0.2, 0) is 4.79 Å². The molecule has 0 aromatic rings. The molecule has 0 aliphatic carbocycles. The zero-order valence-corrected chi connectivity index (χ0v) is 12.3. The average Bonchev–Trinajstić information content (AvgIpc) is 2.35. The van der Waals surface area contributed by atoms with E-state index in [1.807, 2.05) is 27.8 Å². The Bertz CT molecular complexity index is 249. The Hall–Kier alpha value is -0.610. The maximum Gasteiger partial charge on any atom is 0.237 e. The maximum atomic E-state index is 11.9. The van der Waals surface area contributed by atoms with Gasteiger partial charge in [0.2, 0.25) is 5.91 Å². The van der Waals surface area contributed by atoms with Gasteiger partial charge in [0, 0.05) is 6.04 Å². The van der Waals surface area contributed by atoms with E-state index in [1.54, 1.807) is 0 Å². The summed E-state index contributed by atoms with van der Waals surface area (Å²) < 4.78 is 0. The maximum absolute atomic E-state index is 11.9. The van der Waals surface area contributed by atoms with Crippen LogP contribution in [0.15, 0.2) is 0 Å². The number of amides is 1. The lowest BCUT2D eigenvalue weighted by atomic mass is 9.94. The molecule has 1 unspecified atom stereocenters. The molecule has 18 heavy (non-hydrogen) atoms. The van der Waals surface area contributed by atoms with Gasteiger partial charge in [0.15, 0.2) is 0 Å². The van der Waals surface area contributed by atoms with Crippen molar-refractivity contribution in [3.8, 4) is 0 Å². The molecule has 0 aromatic heterocycles. The van der Waals surface area contributed by atoms with Gasteiger partial charge in [0.05, 0.1) is 6.04 Å². The normalized spacial score (nSPS) is 19.2. The van der Waals surface area contributed by atoms with Gasteiger partial charge in [-0.05, 0) is 72.6 Å². The highest BCUT2D eigenvalue weighted by atomic mass is 16.2. The minimum Gasteiger partial charge on any atom is -0.353 e. The molecular formula is C14H29N3O. The predicted octanol–water partition coefficient (Wildman–Crippen LogP) is 1.22. The fourth-order valence-electron chi connectivity index (χ4n) is 2.36. The van der Waals surface area contributed by atoms with Crippen LogP contribution in [0.3, 0.4) is 0 Å². The van der Waals surface area contributed by atoms with Crippen LogP contribution in [0.4, 0.5) is 0 Å². The first-order valence-corrected chi connectivity index (χ1v) is 7.22. The van der Waals surface area contributed by atoms with Crippen molar-refractivity contribution in [2.45, 2.75) is 52.1 Å². The summed E-state index contributed by atoms with van der Waals surface area (Å²) in [5.74, 6) is 0.965. The van der Waals surface area contributed by atoms with E-state index in [-0.39, 0.29) is 18.0 Å². The number of likely N-dealkylation sites (N-methyl/N-ethyl adjacent to an activating group) is 1. The number of carbonyl (C=O) groups is 1. The summed E-state index contributed by atoms with van der Waals surface area (Å²) in [6, 6.07) is 0.187. The highest BCUT2D eigenvalue weighted by molar-refractivity contribution is 5.81. The molecule has 0 aromatic carbocycles. The standard InChI is InChI=1S/C14H29N3O/c1-11(2)16-14(18)12(3)17(4)10-7-13-5-8-15-9-6-13/h11-13,15H,5-10H2,1-4H3,(H,16,18). The third kappa shape index (κ3) is 5.36. The van der Waals surface area contributed by atoms with Crippen LogP contribution in [-0.4, -0.2) is 49.6 Å². The van der Waals surface area contributed by atoms with E-state index >= 15 is 0 Å². The molecule has 4 heteroatoms. The summed E-state index contributed by atoms with van der Waals surface area (Å²) in [4.78, 5) is 14.0. The topological polar surface area (TPSA) is 44.4 Å². The molecule has 1 rings (SSSR count). The van der Waals surface area contributed by atoms with E-state index in [0.717, 1.165) is 25.6 Å². The van der Waals surface area contributed by atoms with Crippen LogP contribution in [0.2, 0.25) is 0 Å². The highest BCUT2D eigenvalue weighted by Crippen LogP contribution is 2.16. The summed E-state index contributed by atoms with van der Waals surface area (Å²) in [6.07, 6.45) is 3.76. The molecule has 1 aliphatic rings. The van der Waals surface area contributed by atoms with Crippen molar-refractivity contribution in [1.82, 2.24) is 15.5 Å². The van der Waals surface area contributed by atoms with Gasteiger partial charge in [-0.25, -0.2) is 0 Å². The summed E-state index contributed by atoms with van der Waals surface area (Å²) in [7, 11) is 2.05. The molecule has 1 aliphatic heterocycles. The summed E-state index contributed by atoms with van der Waals surface area (Å²) >= 11 is 0. The zero-order chi connectivity index (χ0) is 13.5. The van der Waals surface area contributed by atoms with Crippen molar-refractivity contribution in [3.63, 3.8) is 0 Å². The van der Waals surface area contributed by atoms with Crippen LogP contribution in [0.5, 0.6) is 0 Å². The Morgan fingerprint density at radius 1 is 1.33 bits per heavy atom. The van der Waals surface area contributed by atoms with Crippen molar-refractivity contribution in [2.24, 2.45) is 5.92 Å². The monoisotopic (exact) mass is 255 g/mol. The van der Waals surface area contributed by atoms with Gasteiger partial charge in [-0.3, -0.25) is 9.69 Å². The minimum atomic E-state index is -0.0332.